The molecule has 0 saturated carbocycles. The molecule has 0 aliphatic heterocycles. The standard InChI is InChI=1S/C9H8NO2/c1-12-9-3-2-7(6-11)4-8(9)5-10/h2-4H,6H2,1H3. The number of nitriles is 1. The quantitative estimate of drug-likeness (QED) is 0.661. The Hall–Kier alpha value is -1.53. The van der Waals surface area contributed by atoms with Crippen molar-refractivity contribution in [3.05, 3.63) is 29.3 Å². The van der Waals surface area contributed by atoms with E-state index >= 15 is 0 Å². The van der Waals surface area contributed by atoms with Gasteiger partial charge in [-0.05, 0) is 17.7 Å². The molecule has 0 unspecified atom stereocenters. The molecule has 1 aromatic carbocycles. The van der Waals surface area contributed by atoms with E-state index in [1.165, 1.54) is 7.11 Å². The molecular weight excluding hydrogens is 154 g/mol. The third-order valence-corrected chi connectivity index (χ3v) is 1.55. The van der Waals surface area contributed by atoms with E-state index in [0.29, 0.717) is 16.9 Å². The number of benzene rings is 1. The lowest BCUT2D eigenvalue weighted by Crippen LogP contribution is -1.90. The van der Waals surface area contributed by atoms with E-state index in [1.54, 1.807) is 18.2 Å². The van der Waals surface area contributed by atoms with E-state index in [-0.39, 0.29) is 6.61 Å². The second kappa shape index (κ2) is 3.74. The molecule has 0 aliphatic rings. The van der Waals surface area contributed by atoms with Crippen LogP contribution in [-0.2, 0) is 11.7 Å². The first kappa shape index (κ1) is 8.57. The Labute approximate surface area is 70.8 Å². The van der Waals surface area contributed by atoms with Gasteiger partial charge in [-0.1, -0.05) is 6.07 Å². The molecule has 12 heavy (non-hydrogen) atoms. The van der Waals surface area contributed by atoms with Crippen molar-refractivity contribution < 1.29 is 9.84 Å². The second-order valence-corrected chi connectivity index (χ2v) is 2.29. The van der Waals surface area contributed by atoms with Crippen LogP contribution in [0.4, 0.5) is 0 Å². The summed E-state index contributed by atoms with van der Waals surface area (Å²) in [7, 11) is 1.49. The molecule has 0 fully saturated rings. The summed E-state index contributed by atoms with van der Waals surface area (Å²) >= 11 is 0. The summed E-state index contributed by atoms with van der Waals surface area (Å²) in [6.45, 7) is -0.307. The van der Waals surface area contributed by atoms with Crippen LogP contribution in [0.5, 0.6) is 5.75 Å². The molecule has 1 rings (SSSR count). The van der Waals surface area contributed by atoms with Crippen LogP contribution in [0, 0.1) is 11.3 Å². The van der Waals surface area contributed by atoms with Crippen LogP contribution >= 0.6 is 0 Å². The molecule has 1 radical (unpaired) electrons. The van der Waals surface area contributed by atoms with Gasteiger partial charge < -0.3 is 4.74 Å². The summed E-state index contributed by atoms with van der Waals surface area (Å²) in [5, 5.41) is 19.1. The van der Waals surface area contributed by atoms with E-state index in [1.807, 2.05) is 6.07 Å². The highest BCUT2D eigenvalue weighted by molar-refractivity contribution is 5.45. The largest absolute Gasteiger partial charge is 0.495 e. The number of ether oxygens (including phenoxy) is 1. The lowest BCUT2D eigenvalue weighted by atomic mass is 10.1. The smallest absolute Gasteiger partial charge is 0.136 e. The van der Waals surface area contributed by atoms with Gasteiger partial charge in [0.05, 0.1) is 12.7 Å². The van der Waals surface area contributed by atoms with E-state index in [9.17, 15) is 5.11 Å². The highest BCUT2D eigenvalue weighted by Gasteiger charge is 2.02. The van der Waals surface area contributed by atoms with Gasteiger partial charge in [-0.15, -0.1) is 0 Å². The zero-order chi connectivity index (χ0) is 8.97. The molecule has 0 heterocycles. The Morgan fingerprint density at radius 1 is 1.58 bits per heavy atom. The fourth-order valence-corrected chi connectivity index (χ4v) is 0.932. The van der Waals surface area contributed by atoms with Gasteiger partial charge in [0, 0.05) is 0 Å². The van der Waals surface area contributed by atoms with Crippen LogP contribution in [0.15, 0.2) is 18.2 Å². The van der Waals surface area contributed by atoms with Gasteiger partial charge >= 0.3 is 0 Å². The molecular formula is C9H8NO2. The lowest BCUT2D eigenvalue weighted by Gasteiger charge is -2.02. The zero-order valence-electron chi connectivity index (χ0n) is 6.70. The highest BCUT2D eigenvalue weighted by atomic mass is 16.5. The summed E-state index contributed by atoms with van der Waals surface area (Å²) in [6.07, 6.45) is 0. The molecule has 0 spiro atoms. The summed E-state index contributed by atoms with van der Waals surface area (Å²) in [6, 6.07) is 6.79. The van der Waals surface area contributed by atoms with Crippen LogP contribution in [0.1, 0.15) is 11.1 Å². The number of rotatable bonds is 2. The van der Waals surface area contributed by atoms with E-state index < -0.39 is 0 Å². The predicted octanol–water partition coefficient (Wildman–Crippen LogP) is 1.50. The van der Waals surface area contributed by atoms with Crippen LogP contribution < -0.4 is 4.74 Å². The van der Waals surface area contributed by atoms with Crippen LogP contribution in [-0.4, -0.2) is 7.11 Å². The molecule has 3 heteroatoms. The van der Waals surface area contributed by atoms with Crippen molar-refractivity contribution >= 4 is 0 Å². The Morgan fingerprint density at radius 2 is 2.33 bits per heavy atom. The average molecular weight is 162 g/mol. The van der Waals surface area contributed by atoms with Crippen molar-refractivity contribution in [3.63, 3.8) is 0 Å². The number of hydrogen-bond acceptors (Lipinski definition) is 2. The molecule has 0 amide bonds. The molecule has 3 nitrogen and oxygen atoms in total. The number of nitrogens with zero attached hydrogens (tertiary/aromatic N) is 1. The molecule has 61 valence electrons. The maximum Gasteiger partial charge on any atom is 0.136 e. The Kier molecular flexibility index (Phi) is 2.67. The van der Waals surface area contributed by atoms with E-state index in [0.717, 1.165) is 0 Å². The lowest BCUT2D eigenvalue weighted by molar-refractivity contribution is 0.177. The van der Waals surface area contributed by atoms with Gasteiger partial charge in [0.15, 0.2) is 0 Å². The number of hydrogen-bond donors (Lipinski definition) is 0. The maximum atomic E-state index is 10.4. The SMILES string of the molecule is COc1ccc(C[O])cc1C#N. The summed E-state index contributed by atoms with van der Waals surface area (Å²) in [5.74, 6) is 0.509. The first-order valence-electron chi connectivity index (χ1n) is 3.47. The van der Waals surface area contributed by atoms with Gasteiger partial charge in [-0.2, -0.15) is 5.26 Å². The van der Waals surface area contributed by atoms with Crippen molar-refractivity contribution in [2.24, 2.45) is 0 Å². The maximum absolute atomic E-state index is 10.4. The molecule has 0 aromatic heterocycles. The van der Waals surface area contributed by atoms with Crippen molar-refractivity contribution in [2.75, 3.05) is 7.11 Å². The predicted molar refractivity (Wildman–Crippen MR) is 42.1 cm³/mol. The van der Waals surface area contributed by atoms with Gasteiger partial charge in [-0.3, -0.25) is 0 Å². The zero-order valence-corrected chi connectivity index (χ0v) is 6.70. The number of methoxy groups -OCH3 is 1. The van der Waals surface area contributed by atoms with Crippen LogP contribution in [0.2, 0.25) is 0 Å². The normalized spacial score (nSPS) is 9.08. The first-order valence-corrected chi connectivity index (χ1v) is 3.47. The van der Waals surface area contributed by atoms with Crippen LogP contribution in [0.25, 0.3) is 0 Å². The molecule has 0 saturated heterocycles. The fraction of sp³-hybridized carbons (Fsp3) is 0.222. The van der Waals surface area contributed by atoms with E-state index in [4.69, 9.17) is 10.00 Å². The van der Waals surface area contributed by atoms with Gasteiger partial charge in [0.1, 0.15) is 18.4 Å². The van der Waals surface area contributed by atoms with Gasteiger partial charge in [0.25, 0.3) is 0 Å². The molecule has 0 N–H and O–H groups in total. The monoisotopic (exact) mass is 162 g/mol. The minimum atomic E-state index is -0.307. The van der Waals surface area contributed by atoms with Gasteiger partial charge in [-0.25, -0.2) is 5.11 Å². The third-order valence-electron chi connectivity index (χ3n) is 1.55. The minimum Gasteiger partial charge on any atom is -0.495 e. The van der Waals surface area contributed by atoms with Gasteiger partial charge in [0.2, 0.25) is 0 Å². The average Bonchev–Trinajstić information content (AvgIpc) is 2.16. The Bertz CT molecular complexity index is 315. The van der Waals surface area contributed by atoms with Crippen molar-refractivity contribution in [1.82, 2.24) is 0 Å². The van der Waals surface area contributed by atoms with E-state index in [2.05, 4.69) is 0 Å². The molecule has 0 bridgehead atoms. The van der Waals surface area contributed by atoms with Crippen molar-refractivity contribution in [1.29, 1.82) is 5.26 Å². The summed E-state index contributed by atoms with van der Waals surface area (Å²) in [5.41, 5.74) is 1.01. The van der Waals surface area contributed by atoms with Crippen molar-refractivity contribution in [2.45, 2.75) is 6.61 Å². The topological polar surface area (TPSA) is 52.9 Å². The Morgan fingerprint density at radius 3 is 2.83 bits per heavy atom. The molecule has 1 aromatic rings. The minimum absolute atomic E-state index is 0.307. The van der Waals surface area contributed by atoms with Crippen LogP contribution in [0.3, 0.4) is 0 Å². The second-order valence-electron chi connectivity index (χ2n) is 2.29. The first-order chi connectivity index (χ1) is 5.81. The molecule has 0 atom stereocenters. The fourth-order valence-electron chi connectivity index (χ4n) is 0.932. The summed E-state index contributed by atoms with van der Waals surface area (Å²) < 4.78 is 4.91. The van der Waals surface area contributed by atoms with Crippen molar-refractivity contribution in [3.8, 4) is 11.8 Å². The highest BCUT2D eigenvalue weighted by Crippen LogP contribution is 2.18. The summed E-state index contributed by atoms with van der Waals surface area (Å²) in [4.78, 5) is 0. The third kappa shape index (κ3) is 1.55. The molecule has 0 aliphatic carbocycles. The Balaban J connectivity index is 3.13.